The zero-order chi connectivity index (χ0) is 17.3. The SMILES string of the molecule is CC(C=CC=C(C)CO)=CC=CC=C(C)C1OCC(C)(C)CO1. The van der Waals surface area contributed by atoms with E-state index in [4.69, 9.17) is 14.6 Å². The van der Waals surface area contributed by atoms with Gasteiger partial charge in [-0.05, 0) is 31.9 Å². The van der Waals surface area contributed by atoms with Crippen LogP contribution in [-0.4, -0.2) is 31.2 Å². The summed E-state index contributed by atoms with van der Waals surface area (Å²) >= 11 is 0. The number of allylic oxidation sites excluding steroid dienone is 8. The molecule has 1 aliphatic heterocycles. The molecule has 0 amide bonds. The van der Waals surface area contributed by atoms with Crippen molar-refractivity contribution in [2.24, 2.45) is 5.41 Å². The van der Waals surface area contributed by atoms with E-state index >= 15 is 0 Å². The second-order valence-electron chi connectivity index (χ2n) is 6.85. The second-order valence-corrected chi connectivity index (χ2v) is 6.85. The lowest BCUT2D eigenvalue weighted by Gasteiger charge is -2.34. The summed E-state index contributed by atoms with van der Waals surface area (Å²) in [5, 5.41) is 8.91. The third-order valence-electron chi connectivity index (χ3n) is 3.44. The normalized spacial score (nSPS) is 21.6. The molecule has 0 aromatic carbocycles. The van der Waals surface area contributed by atoms with Crippen molar-refractivity contribution >= 4 is 0 Å². The Morgan fingerprint density at radius 1 is 1.00 bits per heavy atom. The number of aliphatic hydroxyl groups excluding tert-OH is 1. The molecule has 3 nitrogen and oxygen atoms in total. The van der Waals surface area contributed by atoms with Crippen molar-refractivity contribution in [1.82, 2.24) is 0 Å². The molecule has 3 heteroatoms. The van der Waals surface area contributed by atoms with Crippen LogP contribution in [0.1, 0.15) is 34.6 Å². The fourth-order valence-corrected chi connectivity index (χ4v) is 1.92. The zero-order valence-corrected chi connectivity index (χ0v) is 15.0. The summed E-state index contributed by atoms with van der Waals surface area (Å²) < 4.78 is 11.5. The number of ether oxygens (including phenoxy) is 2. The van der Waals surface area contributed by atoms with Gasteiger partial charge in [0.05, 0.1) is 19.8 Å². The molecular weight excluding hydrogens is 288 g/mol. The van der Waals surface area contributed by atoms with E-state index < -0.39 is 0 Å². The topological polar surface area (TPSA) is 38.7 Å². The molecule has 0 aliphatic carbocycles. The first-order chi connectivity index (χ1) is 10.8. The first-order valence-corrected chi connectivity index (χ1v) is 8.04. The van der Waals surface area contributed by atoms with Crippen LogP contribution in [0, 0.1) is 5.41 Å². The van der Waals surface area contributed by atoms with Gasteiger partial charge in [0.2, 0.25) is 0 Å². The van der Waals surface area contributed by atoms with Crippen LogP contribution in [0.15, 0.2) is 59.3 Å². The maximum Gasteiger partial charge on any atom is 0.179 e. The minimum Gasteiger partial charge on any atom is -0.392 e. The monoisotopic (exact) mass is 318 g/mol. The summed E-state index contributed by atoms with van der Waals surface area (Å²) in [5.74, 6) is 0. The Bertz CT molecular complexity index is 509. The summed E-state index contributed by atoms with van der Waals surface area (Å²) in [4.78, 5) is 0. The van der Waals surface area contributed by atoms with E-state index in [0.29, 0.717) is 0 Å². The predicted octanol–water partition coefficient (Wildman–Crippen LogP) is 4.33. The largest absolute Gasteiger partial charge is 0.392 e. The Kier molecular flexibility index (Phi) is 8.24. The van der Waals surface area contributed by atoms with Gasteiger partial charge in [-0.1, -0.05) is 62.0 Å². The van der Waals surface area contributed by atoms with Crippen molar-refractivity contribution < 1.29 is 14.6 Å². The van der Waals surface area contributed by atoms with Gasteiger partial charge < -0.3 is 14.6 Å². The van der Waals surface area contributed by atoms with Crippen molar-refractivity contribution in [2.75, 3.05) is 19.8 Å². The lowest BCUT2D eigenvalue weighted by atomic mass is 9.95. The number of hydrogen-bond acceptors (Lipinski definition) is 3. The maximum atomic E-state index is 8.91. The van der Waals surface area contributed by atoms with Gasteiger partial charge in [-0.15, -0.1) is 0 Å². The van der Waals surface area contributed by atoms with Gasteiger partial charge in [0.1, 0.15) is 0 Å². The van der Waals surface area contributed by atoms with Crippen LogP contribution in [0.5, 0.6) is 0 Å². The van der Waals surface area contributed by atoms with Gasteiger partial charge in [0, 0.05) is 5.41 Å². The smallest absolute Gasteiger partial charge is 0.179 e. The van der Waals surface area contributed by atoms with Crippen molar-refractivity contribution in [3.63, 3.8) is 0 Å². The Morgan fingerprint density at radius 3 is 2.22 bits per heavy atom. The summed E-state index contributed by atoms with van der Waals surface area (Å²) in [7, 11) is 0. The molecule has 1 saturated heterocycles. The number of hydrogen-bond donors (Lipinski definition) is 1. The molecule has 1 heterocycles. The van der Waals surface area contributed by atoms with Gasteiger partial charge in [0.25, 0.3) is 0 Å². The fraction of sp³-hybridized carbons (Fsp3) is 0.500. The summed E-state index contributed by atoms with van der Waals surface area (Å²) in [6.45, 7) is 11.8. The highest BCUT2D eigenvalue weighted by atomic mass is 16.7. The van der Waals surface area contributed by atoms with E-state index in [0.717, 1.165) is 29.9 Å². The van der Waals surface area contributed by atoms with Crippen molar-refractivity contribution in [3.8, 4) is 0 Å². The Morgan fingerprint density at radius 2 is 1.61 bits per heavy atom. The van der Waals surface area contributed by atoms with Crippen LogP contribution in [0.25, 0.3) is 0 Å². The number of rotatable bonds is 6. The second kappa shape index (κ2) is 9.66. The van der Waals surface area contributed by atoms with Gasteiger partial charge in [-0.25, -0.2) is 0 Å². The van der Waals surface area contributed by atoms with Crippen molar-refractivity contribution in [1.29, 1.82) is 0 Å². The van der Waals surface area contributed by atoms with E-state index in [1.54, 1.807) is 0 Å². The van der Waals surface area contributed by atoms with Crippen LogP contribution in [-0.2, 0) is 9.47 Å². The number of aliphatic hydroxyl groups is 1. The van der Waals surface area contributed by atoms with Crippen LogP contribution >= 0.6 is 0 Å². The minimum atomic E-state index is -0.232. The molecule has 0 atom stereocenters. The average molecular weight is 318 g/mol. The fourth-order valence-electron chi connectivity index (χ4n) is 1.92. The van der Waals surface area contributed by atoms with Crippen molar-refractivity contribution in [3.05, 3.63) is 59.3 Å². The molecule has 0 bridgehead atoms. The predicted molar refractivity (Wildman–Crippen MR) is 96.1 cm³/mol. The van der Waals surface area contributed by atoms with E-state index in [1.165, 1.54) is 0 Å². The Hall–Kier alpha value is -1.42. The lowest BCUT2D eigenvalue weighted by Crippen LogP contribution is -2.38. The molecule has 0 radical (unpaired) electrons. The van der Waals surface area contributed by atoms with Gasteiger partial charge in [-0.2, -0.15) is 0 Å². The maximum absolute atomic E-state index is 8.91. The van der Waals surface area contributed by atoms with Gasteiger partial charge in [-0.3, -0.25) is 0 Å². The van der Waals surface area contributed by atoms with E-state index in [9.17, 15) is 0 Å². The summed E-state index contributed by atoms with van der Waals surface area (Å²) in [6.07, 6.45) is 13.7. The standard InChI is InChI=1S/C20H30O3/c1-16(10-8-11-17(2)13-21)9-6-7-12-18(3)19-22-14-20(4,5)15-23-19/h6-12,19,21H,13-15H2,1-5H3. The molecule has 0 aromatic heterocycles. The third kappa shape index (κ3) is 8.12. The van der Waals surface area contributed by atoms with Crippen LogP contribution in [0.3, 0.4) is 0 Å². The molecule has 1 N–H and O–H groups in total. The van der Waals surface area contributed by atoms with Crippen LogP contribution in [0.4, 0.5) is 0 Å². The molecule has 0 spiro atoms. The highest BCUT2D eigenvalue weighted by Gasteiger charge is 2.28. The molecule has 128 valence electrons. The first-order valence-electron chi connectivity index (χ1n) is 8.04. The Labute approximate surface area is 140 Å². The van der Waals surface area contributed by atoms with E-state index in [1.807, 2.05) is 63.3 Å². The highest BCUT2D eigenvalue weighted by Crippen LogP contribution is 2.25. The van der Waals surface area contributed by atoms with E-state index in [-0.39, 0.29) is 18.3 Å². The Balaban J connectivity index is 2.49. The van der Waals surface area contributed by atoms with Gasteiger partial charge >= 0.3 is 0 Å². The third-order valence-corrected chi connectivity index (χ3v) is 3.44. The molecular formula is C20H30O3. The molecule has 1 rings (SSSR count). The first kappa shape index (κ1) is 19.6. The molecule has 1 fully saturated rings. The van der Waals surface area contributed by atoms with Gasteiger partial charge in [0.15, 0.2) is 6.29 Å². The van der Waals surface area contributed by atoms with Crippen LogP contribution < -0.4 is 0 Å². The molecule has 0 saturated carbocycles. The van der Waals surface area contributed by atoms with Crippen LogP contribution in [0.2, 0.25) is 0 Å². The minimum absolute atomic E-state index is 0.0968. The quantitative estimate of drug-likeness (QED) is 0.741. The zero-order valence-electron chi connectivity index (χ0n) is 15.0. The molecule has 0 aromatic rings. The highest BCUT2D eigenvalue weighted by molar-refractivity contribution is 5.27. The van der Waals surface area contributed by atoms with Crippen molar-refractivity contribution in [2.45, 2.75) is 40.9 Å². The molecule has 1 aliphatic rings. The van der Waals surface area contributed by atoms with E-state index in [2.05, 4.69) is 13.8 Å². The molecule has 23 heavy (non-hydrogen) atoms. The lowest BCUT2D eigenvalue weighted by molar-refractivity contribution is -0.202. The average Bonchev–Trinajstić information content (AvgIpc) is 2.51. The molecule has 0 unspecified atom stereocenters. The summed E-state index contributed by atoms with van der Waals surface area (Å²) in [6, 6.07) is 0. The summed E-state index contributed by atoms with van der Waals surface area (Å²) in [5.41, 5.74) is 3.25.